The number of nitrogens with one attached hydrogen (secondary N) is 2. The SMILES string of the molecule is COc1ccc([N+](=O)[O-])cc1S(=O)(=O)NC1CNCCC1C.Cl. The summed E-state index contributed by atoms with van der Waals surface area (Å²) < 4.78 is 32.8. The molecule has 23 heavy (non-hydrogen) atoms. The van der Waals surface area contributed by atoms with Gasteiger partial charge in [0.15, 0.2) is 0 Å². The van der Waals surface area contributed by atoms with Gasteiger partial charge < -0.3 is 10.1 Å². The Labute approximate surface area is 141 Å². The van der Waals surface area contributed by atoms with Gasteiger partial charge in [-0.2, -0.15) is 0 Å². The highest BCUT2D eigenvalue weighted by molar-refractivity contribution is 7.89. The first-order chi connectivity index (χ1) is 10.3. The van der Waals surface area contributed by atoms with Crippen molar-refractivity contribution in [3.63, 3.8) is 0 Å². The van der Waals surface area contributed by atoms with Crippen molar-refractivity contribution in [2.24, 2.45) is 5.92 Å². The molecule has 0 aromatic heterocycles. The van der Waals surface area contributed by atoms with Gasteiger partial charge in [0, 0.05) is 24.7 Å². The molecule has 8 nitrogen and oxygen atoms in total. The summed E-state index contributed by atoms with van der Waals surface area (Å²) in [5.41, 5.74) is -0.295. The van der Waals surface area contributed by atoms with Crippen LogP contribution in [0.25, 0.3) is 0 Å². The fraction of sp³-hybridized carbons (Fsp3) is 0.538. The fourth-order valence-corrected chi connectivity index (χ4v) is 3.93. The van der Waals surface area contributed by atoms with E-state index in [9.17, 15) is 18.5 Å². The van der Waals surface area contributed by atoms with Gasteiger partial charge in [-0.3, -0.25) is 10.1 Å². The molecule has 130 valence electrons. The number of benzene rings is 1. The Kier molecular flexibility index (Phi) is 6.75. The largest absolute Gasteiger partial charge is 0.495 e. The average Bonchev–Trinajstić information content (AvgIpc) is 2.48. The van der Waals surface area contributed by atoms with E-state index in [0.717, 1.165) is 19.0 Å². The number of non-ortho nitro benzene ring substituents is 1. The molecule has 2 unspecified atom stereocenters. The van der Waals surface area contributed by atoms with Gasteiger partial charge in [-0.25, -0.2) is 13.1 Å². The van der Waals surface area contributed by atoms with Crippen LogP contribution in [0.4, 0.5) is 5.69 Å². The van der Waals surface area contributed by atoms with Gasteiger partial charge in [-0.1, -0.05) is 6.92 Å². The third kappa shape index (κ3) is 4.54. The Morgan fingerprint density at radius 3 is 2.70 bits per heavy atom. The van der Waals surface area contributed by atoms with Crippen LogP contribution in [0.3, 0.4) is 0 Å². The first-order valence-electron chi connectivity index (χ1n) is 6.90. The van der Waals surface area contributed by atoms with E-state index in [4.69, 9.17) is 4.74 Å². The van der Waals surface area contributed by atoms with E-state index >= 15 is 0 Å². The highest BCUT2D eigenvalue weighted by atomic mass is 35.5. The van der Waals surface area contributed by atoms with E-state index < -0.39 is 14.9 Å². The van der Waals surface area contributed by atoms with E-state index in [0.29, 0.717) is 6.54 Å². The van der Waals surface area contributed by atoms with Crippen LogP contribution in [0.5, 0.6) is 5.75 Å². The molecular formula is C13H20ClN3O5S. The third-order valence-electron chi connectivity index (χ3n) is 3.78. The van der Waals surface area contributed by atoms with Crippen molar-refractivity contribution in [2.75, 3.05) is 20.2 Å². The number of halogens is 1. The summed E-state index contributed by atoms with van der Waals surface area (Å²) in [6.07, 6.45) is 0.860. The lowest BCUT2D eigenvalue weighted by molar-refractivity contribution is -0.385. The summed E-state index contributed by atoms with van der Waals surface area (Å²) in [5.74, 6) is 0.259. The molecule has 0 saturated carbocycles. The second kappa shape index (κ2) is 7.91. The standard InChI is InChI=1S/C13H19N3O5S.ClH/c1-9-5-6-14-8-11(9)15-22(19,20)13-7-10(16(17)18)3-4-12(13)21-2;/h3-4,7,9,11,14-15H,5-6,8H2,1-2H3;1H. The van der Waals surface area contributed by atoms with Crippen LogP contribution in [-0.2, 0) is 10.0 Å². The molecule has 1 aromatic rings. The highest BCUT2D eigenvalue weighted by Crippen LogP contribution is 2.28. The molecule has 1 heterocycles. The first-order valence-corrected chi connectivity index (χ1v) is 8.39. The molecule has 0 aliphatic carbocycles. The Balaban J connectivity index is 0.00000264. The van der Waals surface area contributed by atoms with Gasteiger partial charge in [0.1, 0.15) is 10.6 Å². The monoisotopic (exact) mass is 365 g/mol. The topological polar surface area (TPSA) is 111 Å². The Morgan fingerprint density at radius 2 is 2.13 bits per heavy atom. The average molecular weight is 366 g/mol. The van der Waals surface area contributed by atoms with Crippen LogP contribution in [0.2, 0.25) is 0 Å². The predicted octanol–water partition coefficient (Wildman–Crippen LogP) is 1.30. The van der Waals surface area contributed by atoms with Gasteiger partial charge in [-0.15, -0.1) is 12.4 Å². The lowest BCUT2D eigenvalue weighted by Crippen LogP contribution is -2.50. The molecule has 1 aromatic carbocycles. The maximum absolute atomic E-state index is 12.6. The zero-order valence-corrected chi connectivity index (χ0v) is 14.4. The van der Waals surface area contributed by atoms with E-state index in [1.807, 2.05) is 6.92 Å². The normalized spacial score (nSPS) is 21.3. The Bertz CT molecular complexity index is 668. The van der Waals surface area contributed by atoms with Gasteiger partial charge in [-0.05, 0) is 24.9 Å². The van der Waals surface area contributed by atoms with Crippen molar-refractivity contribution in [3.05, 3.63) is 28.3 Å². The number of piperidine rings is 1. The number of hydrogen-bond acceptors (Lipinski definition) is 6. The molecule has 0 amide bonds. The second-order valence-corrected chi connectivity index (χ2v) is 6.97. The Morgan fingerprint density at radius 1 is 1.43 bits per heavy atom. The quantitative estimate of drug-likeness (QED) is 0.601. The van der Waals surface area contributed by atoms with E-state index in [-0.39, 0.29) is 40.7 Å². The number of ether oxygens (including phenoxy) is 1. The number of hydrogen-bond donors (Lipinski definition) is 2. The van der Waals surface area contributed by atoms with Crippen molar-refractivity contribution in [2.45, 2.75) is 24.3 Å². The van der Waals surface area contributed by atoms with Crippen LogP contribution in [0, 0.1) is 16.0 Å². The fourth-order valence-electron chi connectivity index (χ4n) is 2.40. The van der Waals surface area contributed by atoms with E-state index in [2.05, 4.69) is 10.0 Å². The first kappa shape index (κ1) is 19.6. The molecule has 2 rings (SSSR count). The summed E-state index contributed by atoms with van der Waals surface area (Å²) in [6, 6.07) is 3.25. The molecule has 0 radical (unpaired) electrons. The third-order valence-corrected chi connectivity index (χ3v) is 5.29. The molecule has 0 bridgehead atoms. The second-order valence-electron chi connectivity index (χ2n) is 5.29. The smallest absolute Gasteiger partial charge is 0.271 e. The molecular weight excluding hydrogens is 346 g/mol. The zero-order valence-electron chi connectivity index (χ0n) is 12.8. The summed E-state index contributed by atoms with van der Waals surface area (Å²) in [4.78, 5) is 10.0. The minimum Gasteiger partial charge on any atom is -0.495 e. The van der Waals surface area contributed by atoms with Gasteiger partial charge in [0.2, 0.25) is 10.0 Å². The van der Waals surface area contributed by atoms with Crippen LogP contribution in [-0.4, -0.2) is 39.6 Å². The number of rotatable bonds is 5. The van der Waals surface area contributed by atoms with Crippen LogP contribution in [0.15, 0.2) is 23.1 Å². The lowest BCUT2D eigenvalue weighted by atomic mass is 9.96. The Hall–Kier alpha value is -1.42. The number of sulfonamides is 1. The highest BCUT2D eigenvalue weighted by Gasteiger charge is 2.29. The number of nitrogens with zero attached hydrogens (tertiary/aromatic N) is 1. The molecule has 1 fully saturated rings. The van der Waals surface area contributed by atoms with Gasteiger partial charge in [0.05, 0.1) is 12.0 Å². The maximum Gasteiger partial charge on any atom is 0.271 e. The van der Waals surface area contributed by atoms with Crippen molar-refractivity contribution >= 4 is 28.1 Å². The van der Waals surface area contributed by atoms with Crippen LogP contribution >= 0.6 is 12.4 Å². The predicted molar refractivity (Wildman–Crippen MR) is 87.7 cm³/mol. The summed E-state index contributed by atoms with van der Waals surface area (Å²) in [7, 11) is -2.59. The molecule has 1 saturated heterocycles. The van der Waals surface area contributed by atoms with Crippen molar-refractivity contribution in [1.29, 1.82) is 0 Å². The molecule has 1 aliphatic heterocycles. The van der Waals surface area contributed by atoms with E-state index in [1.54, 1.807) is 0 Å². The van der Waals surface area contributed by atoms with E-state index in [1.165, 1.54) is 19.2 Å². The lowest BCUT2D eigenvalue weighted by Gasteiger charge is -2.30. The number of nitro groups is 1. The van der Waals surface area contributed by atoms with Crippen molar-refractivity contribution in [3.8, 4) is 5.75 Å². The maximum atomic E-state index is 12.6. The summed E-state index contributed by atoms with van der Waals surface area (Å²) in [6.45, 7) is 3.34. The summed E-state index contributed by atoms with van der Waals surface area (Å²) in [5, 5.41) is 14.0. The van der Waals surface area contributed by atoms with Crippen LogP contribution in [0.1, 0.15) is 13.3 Å². The minimum atomic E-state index is -3.91. The van der Waals surface area contributed by atoms with Crippen molar-refractivity contribution in [1.82, 2.24) is 10.0 Å². The minimum absolute atomic E-state index is 0. The molecule has 10 heteroatoms. The van der Waals surface area contributed by atoms with Crippen molar-refractivity contribution < 1.29 is 18.1 Å². The van der Waals surface area contributed by atoms with Crippen LogP contribution < -0.4 is 14.8 Å². The summed E-state index contributed by atoms with van der Waals surface area (Å²) >= 11 is 0. The van der Waals surface area contributed by atoms with Gasteiger partial charge in [0.25, 0.3) is 5.69 Å². The molecule has 0 spiro atoms. The number of nitro benzene ring substituents is 1. The molecule has 2 N–H and O–H groups in total. The molecule has 1 aliphatic rings. The number of methoxy groups -OCH3 is 1. The van der Waals surface area contributed by atoms with Gasteiger partial charge >= 0.3 is 0 Å². The zero-order chi connectivity index (χ0) is 16.3. The molecule has 2 atom stereocenters.